The molecule has 2 heterocycles. The average Bonchev–Trinajstić information content (AvgIpc) is 2.84. The van der Waals surface area contributed by atoms with Crippen molar-refractivity contribution in [2.24, 2.45) is 5.92 Å². The quantitative estimate of drug-likeness (QED) is 0.483. The number of aromatic nitrogens is 2. The molecule has 1 aromatic heterocycles. The number of methoxy groups -OCH3 is 1. The second kappa shape index (κ2) is 10.2. The second-order valence-corrected chi connectivity index (χ2v) is 8.50. The summed E-state index contributed by atoms with van der Waals surface area (Å²) in [5.74, 6) is 1.74. The van der Waals surface area contributed by atoms with Gasteiger partial charge in [-0.25, -0.2) is 14.4 Å². The van der Waals surface area contributed by atoms with Gasteiger partial charge in [-0.1, -0.05) is 19.1 Å². The summed E-state index contributed by atoms with van der Waals surface area (Å²) < 4.78 is 25.8. The Morgan fingerprint density at radius 3 is 2.38 bits per heavy atom. The van der Waals surface area contributed by atoms with Crippen LogP contribution in [-0.2, 0) is 6.42 Å². The summed E-state index contributed by atoms with van der Waals surface area (Å²) in [5.41, 5.74) is 2.78. The smallest absolute Gasteiger partial charge is 0.225 e. The molecule has 0 aliphatic carbocycles. The molecule has 168 valence electrons. The highest BCUT2D eigenvalue weighted by molar-refractivity contribution is 7.80. The fourth-order valence-corrected chi connectivity index (χ4v) is 4.09. The minimum Gasteiger partial charge on any atom is -0.496 e. The topological polar surface area (TPSA) is 47.5 Å². The van der Waals surface area contributed by atoms with Crippen LogP contribution in [0.4, 0.5) is 10.3 Å². The number of rotatable bonds is 7. The lowest BCUT2D eigenvalue weighted by molar-refractivity contribution is 0.215. The Kier molecular flexibility index (Phi) is 7.15. The Hall–Kier alpha value is -2.80. The summed E-state index contributed by atoms with van der Waals surface area (Å²) in [5, 5.41) is 0. The molecular formula is C25H28FN3O2S. The van der Waals surface area contributed by atoms with Crippen molar-refractivity contribution < 1.29 is 13.9 Å². The zero-order chi connectivity index (χ0) is 22.5. The van der Waals surface area contributed by atoms with Gasteiger partial charge in [0.2, 0.25) is 5.95 Å². The average molecular weight is 454 g/mol. The van der Waals surface area contributed by atoms with Crippen LogP contribution in [0, 0.1) is 11.7 Å². The number of aryl methyl sites for hydroxylation is 1. The molecule has 0 N–H and O–H groups in total. The fourth-order valence-electron chi connectivity index (χ4n) is 3.86. The summed E-state index contributed by atoms with van der Waals surface area (Å²) >= 11 is 4.36. The molecular weight excluding hydrogens is 425 g/mol. The van der Waals surface area contributed by atoms with E-state index in [1.54, 1.807) is 13.2 Å². The summed E-state index contributed by atoms with van der Waals surface area (Å²) in [6, 6.07) is 10.7. The number of halogens is 1. The van der Waals surface area contributed by atoms with Gasteiger partial charge in [-0.3, -0.25) is 0 Å². The number of thiol groups is 1. The van der Waals surface area contributed by atoms with Crippen molar-refractivity contribution in [1.29, 1.82) is 0 Å². The van der Waals surface area contributed by atoms with Gasteiger partial charge in [0.05, 0.1) is 13.7 Å². The molecule has 3 aromatic rings. The number of piperidine rings is 1. The molecule has 0 unspecified atom stereocenters. The van der Waals surface area contributed by atoms with E-state index in [-0.39, 0.29) is 11.6 Å². The maximum absolute atomic E-state index is 14.7. The van der Waals surface area contributed by atoms with Crippen molar-refractivity contribution in [1.82, 2.24) is 9.97 Å². The van der Waals surface area contributed by atoms with Gasteiger partial charge in [0.25, 0.3) is 0 Å². The van der Waals surface area contributed by atoms with Crippen LogP contribution in [0.5, 0.6) is 11.5 Å². The molecule has 1 aliphatic heterocycles. The van der Waals surface area contributed by atoms with Crippen molar-refractivity contribution in [2.45, 2.75) is 31.1 Å². The third kappa shape index (κ3) is 5.15. The molecule has 2 aromatic carbocycles. The van der Waals surface area contributed by atoms with Gasteiger partial charge < -0.3 is 14.4 Å². The lowest BCUT2D eigenvalue weighted by Crippen LogP contribution is -2.36. The predicted octanol–water partition coefficient (Wildman–Crippen LogP) is 5.44. The van der Waals surface area contributed by atoms with E-state index in [0.717, 1.165) is 59.9 Å². The van der Waals surface area contributed by atoms with E-state index in [0.29, 0.717) is 18.3 Å². The Morgan fingerprint density at radius 1 is 1.03 bits per heavy atom. The first-order valence-electron chi connectivity index (χ1n) is 10.9. The highest BCUT2D eigenvalue weighted by atomic mass is 32.1. The Balaban J connectivity index is 1.32. The van der Waals surface area contributed by atoms with Gasteiger partial charge in [0, 0.05) is 30.4 Å². The summed E-state index contributed by atoms with van der Waals surface area (Å²) in [7, 11) is 1.59. The molecule has 0 spiro atoms. The van der Waals surface area contributed by atoms with E-state index in [2.05, 4.69) is 34.4 Å². The third-order valence-electron chi connectivity index (χ3n) is 5.92. The van der Waals surface area contributed by atoms with Crippen molar-refractivity contribution in [3.63, 3.8) is 0 Å². The maximum Gasteiger partial charge on any atom is 0.225 e. The third-order valence-corrected chi connectivity index (χ3v) is 6.29. The molecule has 5 nitrogen and oxygen atoms in total. The Bertz CT molecular complexity index is 1050. The molecule has 0 atom stereocenters. The molecule has 0 amide bonds. The molecule has 0 saturated carbocycles. The van der Waals surface area contributed by atoms with Crippen LogP contribution in [0.15, 0.2) is 53.7 Å². The van der Waals surface area contributed by atoms with E-state index < -0.39 is 0 Å². The number of ether oxygens (including phenoxy) is 2. The van der Waals surface area contributed by atoms with Gasteiger partial charge in [-0.15, -0.1) is 12.6 Å². The summed E-state index contributed by atoms with van der Waals surface area (Å²) in [6.45, 7) is 4.35. The lowest BCUT2D eigenvalue weighted by Gasteiger charge is -2.31. The molecule has 0 bridgehead atoms. The Labute approximate surface area is 194 Å². The molecule has 4 rings (SSSR count). The van der Waals surface area contributed by atoms with E-state index in [1.165, 1.54) is 6.07 Å². The summed E-state index contributed by atoms with van der Waals surface area (Å²) in [4.78, 5) is 11.9. The second-order valence-electron chi connectivity index (χ2n) is 8.02. The summed E-state index contributed by atoms with van der Waals surface area (Å²) in [6.07, 6.45) is 6.66. The van der Waals surface area contributed by atoms with Gasteiger partial charge in [0.1, 0.15) is 5.75 Å². The van der Waals surface area contributed by atoms with Gasteiger partial charge in [-0.2, -0.15) is 0 Å². The minimum absolute atomic E-state index is 0.285. The first-order chi connectivity index (χ1) is 15.6. The van der Waals surface area contributed by atoms with Crippen molar-refractivity contribution >= 4 is 18.6 Å². The van der Waals surface area contributed by atoms with Crippen LogP contribution in [-0.4, -0.2) is 36.8 Å². The highest BCUT2D eigenvalue weighted by Gasteiger charge is 2.22. The van der Waals surface area contributed by atoms with Crippen LogP contribution < -0.4 is 14.4 Å². The molecule has 32 heavy (non-hydrogen) atoms. The fraction of sp³-hybridized carbons (Fsp3) is 0.360. The number of hydrogen-bond donors (Lipinski definition) is 1. The molecule has 0 radical (unpaired) electrons. The van der Waals surface area contributed by atoms with Crippen LogP contribution >= 0.6 is 12.6 Å². The standard InChI is InChI=1S/C25H28FN3O2S/c1-3-17-14-27-25(28-15-17)29-10-8-18(9-11-29)16-31-22-6-4-19(12-21(22)26)20-5-7-24(32)23(13-20)30-2/h4-7,12-15,18,32H,3,8-11,16H2,1-2H3. The zero-order valence-electron chi connectivity index (χ0n) is 18.4. The number of benzene rings is 2. The number of nitrogens with zero attached hydrogens (tertiary/aromatic N) is 3. The van der Waals surface area contributed by atoms with Crippen LogP contribution in [0.1, 0.15) is 25.3 Å². The first-order valence-corrected chi connectivity index (χ1v) is 11.4. The number of hydrogen-bond acceptors (Lipinski definition) is 6. The van der Waals surface area contributed by atoms with Crippen LogP contribution in [0.2, 0.25) is 0 Å². The zero-order valence-corrected chi connectivity index (χ0v) is 19.3. The lowest BCUT2D eigenvalue weighted by atomic mass is 9.98. The molecule has 1 fully saturated rings. The monoisotopic (exact) mass is 453 g/mol. The normalized spacial score (nSPS) is 14.4. The van der Waals surface area contributed by atoms with E-state index in [9.17, 15) is 4.39 Å². The molecule has 1 saturated heterocycles. The Morgan fingerprint density at radius 2 is 1.72 bits per heavy atom. The number of anilines is 1. The van der Waals surface area contributed by atoms with Crippen LogP contribution in [0.3, 0.4) is 0 Å². The first kappa shape index (κ1) is 22.4. The SMILES string of the molecule is CCc1cnc(N2CCC(COc3ccc(-c4ccc(S)c(OC)c4)cc3F)CC2)nc1. The van der Waals surface area contributed by atoms with Gasteiger partial charge in [0.15, 0.2) is 11.6 Å². The minimum atomic E-state index is -0.363. The van der Waals surface area contributed by atoms with E-state index in [1.807, 2.05) is 36.7 Å². The van der Waals surface area contributed by atoms with Crippen molar-refractivity contribution in [3.05, 3.63) is 60.2 Å². The van der Waals surface area contributed by atoms with Crippen LogP contribution in [0.25, 0.3) is 11.1 Å². The van der Waals surface area contributed by atoms with Gasteiger partial charge >= 0.3 is 0 Å². The molecule has 1 aliphatic rings. The van der Waals surface area contributed by atoms with Crippen molar-refractivity contribution in [3.8, 4) is 22.6 Å². The largest absolute Gasteiger partial charge is 0.496 e. The predicted molar refractivity (Wildman–Crippen MR) is 127 cm³/mol. The molecule has 7 heteroatoms. The van der Waals surface area contributed by atoms with E-state index >= 15 is 0 Å². The van der Waals surface area contributed by atoms with Gasteiger partial charge in [-0.05, 0) is 66.1 Å². The van der Waals surface area contributed by atoms with E-state index in [4.69, 9.17) is 9.47 Å². The maximum atomic E-state index is 14.7. The van der Waals surface area contributed by atoms with Crippen molar-refractivity contribution in [2.75, 3.05) is 31.7 Å². The highest BCUT2D eigenvalue weighted by Crippen LogP contribution is 2.32.